The van der Waals surface area contributed by atoms with Crippen molar-refractivity contribution in [1.29, 1.82) is 0 Å². The van der Waals surface area contributed by atoms with Crippen LogP contribution in [0.3, 0.4) is 0 Å². The van der Waals surface area contributed by atoms with Crippen molar-refractivity contribution in [3.8, 4) is 51.7 Å². The zero-order valence-corrected chi connectivity index (χ0v) is 22.3. The highest BCUT2D eigenvalue weighted by molar-refractivity contribution is 5.92. The number of carbonyl (C=O) groups is 3. The molecule has 1 saturated heterocycles. The second-order valence-corrected chi connectivity index (χ2v) is 9.49. The van der Waals surface area contributed by atoms with Gasteiger partial charge in [-0.15, -0.1) is 0 Å². The van der Waals surface area contributed by atoms with E-state index in [1.54, 1.807) is 0 Å². The molecule has 3 aromatic carbocycles. The molecule has 4 rings (SSSR count). The zero-order valence-electron chi connectivity index (χ0n) is 22.3. The average molecular weight is 636 g/mol. The van der Waals surface area contributed by atoms with Gasteiger partial charge in [-0.3, -0.25) is 0 Å². The number of rotatable bonds is 7. The van der Waals surface area contributed by atoms with Gasteiger partial charge in [-0.2, -0.15) is 0 Å². The molecular weight excluding hydrogens is 612 g/mol. The number of esters is 3. The molecule has 3 aromatic rings. The van der Waals surface area contributed by atoms with Gasteiger partial charge in [0, 0.05) is 0 Å². The number of aliphatic hydroxyl groups excluding tert-OH is 2. The fraction of sp³-hybridized carbons (Fsp3) is 0.222. The molecule has 1 heterocycles. The predicted octanol–water partition coefficient (Wildman–Crippen LogP) is -0.277. The maximum Gasteiger partial charge on any atom is 0.340 e. The zero-order chi connectivity index (χ0) is 33.3. The third-order valence-corrected chi connectivity index (χ3v) is 6.40. The Hall–Kier alpha value is -5.85. The summed E-state index contributed by atoms with van der Waals surface area (Å²) in [6.45, 7) is -0.918. The minimum Gasteiger partial charge on any atom is -0.504 e. The molecule has 0 spiro atoms. The molecule has 1 aliphatic rings. The summed E-state index contributed by atoms with van der Waals surface area (Å²) in [4.78, 5) is 38.1. The van der Waals surface area contributed by atoms with Crippen molar-refractivity contribution in [3.63, 3.8) is 0 Å². The summed E-state index contributed by atoms with van der Waals surface area (Å²) >= 11 is 0. The molecule has 18 heteroatoms. The van der Waals surface area contributed by atoms with Crippen LogP contribution in [0, 0.1) is 0 Å². The molecule has 0 amide bonds. The molecule has 1 aliphatic heterocycles. The van der Waals surface area contributed by atoms with E-state index in [2.05, 4.69) is 0 Å². The summed E-state index contributed by atoms with van der Waals surface area (Å²) in [7, 11) is 0. The van der Waals surface area contributed by atoms with Crippen LogP contribution in [0.2, 0.25) is 0 Å². The topological polar surface area (TPSA) is 311 Å². The van der Waals surface area contributed by atoms with Gasteiger partial charge in [0.05, 0.1) is 16.7 Å². The van der Waals surface area contributed by atoms with Gasteiger partial charge in [0.25, 0.3) is 0 Å². The molecule has 0 unspecified atom stereocenters. The maximum atomic E-state index is 12.8. The molecule has 11 N–H and O–H groups in total. The Morgan fingerprint density at radius 1 is 0.556 bits per heavy atom. The molecule has 1 fully saturated rings. The summed E-state index contributed by atoms with van der Waals surface area (Å²) in [6, 6.07) is 4.20. The van der Waals surface area contributed by atoms with Gasteiger partial charge in [-0.05, 0) is 36.4 Å². The first-order chi connectivity index (χ1) is 21.1. The van der Waals surface area contributed by atoms with Crippen molar-refractivity contribution in [2.75, 3.05) is 6.61 Å². The third-order valence-electron chi connectivity index (χ3n) is 6.40. The first kappa shape index (κ1) is 32.1. The van der Waals surface area contributed by atoms with E-state index in [0.717, 1.165) is 12.1 Å². The van der Waals surface area contributed by atoms with Gasteiger partial charge in [0.1, 0.15) is 18.8 Å². The van der Waals surface area contributed by atoms with Gasteiger partial charge in [0.2, 0.25) is 6.29 Å². The standard InChI is InChI=1S/C27H24O18/c28-11-1-8(2-12(29)18(11)34)24(39)42-7-17-21(37)23(44-25(40)9-3-13(30)19(35)14(31)4-9)22(38)27(43-17)45-26(41)10-5-15(32)20(36)16(33)6-10/h1-6,17,21-23,27-38H,7H2/t17-,21-,22-,23+,27-/m1/s1. The van der Waals surface area contributed by atoms with E-state index < -0.39 is 124 Å². The number of phenolic OH excluding ortho intramolecular Hbond substituents is 9. The van der Waals surface area contributed by atoms with Crippen molar-refractivity contribution in [1.82, 2.24) is 0 Å². The summed E-state index contributed by atoms with van der Waals surface area (Å²) in [5, 5.41) is 108. The lowest BCUT2D eigenvalue weighted by atomic mass is 9.98. The van der Waals surface area contributed by atoms with Gasteiger partial charge >= 0.3 is 17.9 Å². The van der Waals surface area contributed by atoms with E-state index in [0.29, 0.717) is 24.3 Å². The number of aliphatic hydroxyl groups is 2. The van der Waals surface area contributed by atoms with Crippen LogP contribution in [0.5, 0.6) is 51.7 Å². The quantitative estimate of drug-likeness (QED) is 0.0902. The number of hydrogen-bond acceptors (Lipinski definition) is 18. The van der Waals surface area contributed by atoms with Crippen LogP contribution in [-0.2, 0) is 18.9 Å². The SMILES string of the molecule is O=C(OC[C@H]1O[C@H](OC(=O)c2cc(O)c(O)c(O)c2)[C@H](O)[C@@H](OC(=O)c2cc(O)c(O)c(O)c2)[C@@H]1O)c1cc(O)c(O)c(O)c1. The lowest BCUT2D eigenvalue weighted by Crippen LogP contribution is -2.61. The van der Waals surface area contributed by atoms with E-state index in [4.69, 9.17) is 18.9 Å². The van der Waals surface area contributed by atoms with Crippen LogP contribution in [-0.4, -0.2) is 111 Å². The van der Waals surface area contributed by atoms with Gasteiger partial charge < -0.3 is 75.1 Å². The Morgan fingerprint density at radius 2 is 0.911 bits per heavy atom. The second-order valence-electron chi connectivity index (χ2n) is 9.49. The highest BCUT2D eigenvalue weighted by atomic mass is 16.7. The molecule has 5 atom stereocenters. The van der Waals surface area contributed by atoms with Crippen LogP contribution in [0.25, 0.3) is 0 Å². The molecule has 0 radical (unpaired) electrons. The van der Waals surface area contributed by atoms with E-state index >= 15 is 0 Å². The van der Waals surface area contributed by atoms with Crippen molar-refractivity contribution in [3.05, 3.63) is 53.1 Å². The first-order valence-electron chi connectivity index (χ1n) is 12.4. The van der Waals surface area contributed by atoms with Gasteiger partial charge in [-0.25, -0.2) is 14.4 Å². The van der Waals surface area contributed by atoms with Crippen LogP contribution in [0.1, 0.15) is 31.1 Å². The van der Waals surface area contributed by atoms with Crippen LogP contribution in [0.15, 0.2) is 36.4 Å². The highest BCUT2D eigenvalue weighted by Crippen LogP contribution is 2.38. The fourth-order valence-electron chi connectivity index (χ4n) is 4.05. The van der Waals surface area contributed by atoms with Crippen molar-refractivity contribution in [2.24, 2.45) is 0 Å². The Labute approximate surface area is 249 Å². The summed E-state index contributed by atoms with van der Waals surface area (Å²) in [5.74, 6) is -12.3. The average Bonchev–Trinajstić information content (AvgIpc) is 2.99. The number of ether oxygens (including phenoxy) is 4. The molecule has 0 aromatic heterocycles. The van der Waals surface area contributed by atoms with Crippen LogP contribution in [0.4, 0.5) is 0 Å². The third kappa shape index (κ3) is 6.56. The normalized spacial score (nSPS) is 21.1. The summed E-state index contributed by atoms with van der Waals surface area (Å²) in [6.07, 6.45) is -10.2. The predicted molar refractivity (Wildman–Crippen MR) is 140 cm³/mol. The number of aromatic hydroxyl groups is 9. The minimum absolute atomic E-state index is 0.474. The van der Waals surface area contributed by atoms with E-state index in [9.17, 15) is 70.6 Å². The maximum absolute atomic E-state index is 12.8. The first-order valence-corrected chi connectivity index (χ1v) is 12.4. The summed E-state index contributed by atoms with van der Waals surface area (Å²) < 4.78 is 20.6. The Kier molecular flexibility index (Phi) is 8.84. The number of hydrogen-bond donors (Lipinski definition) is 11. The molecular formula is C27H24O18. The molecule has 0 bridgehead atoms. The van der Waals surface area contributed by atoms with Crippen molar-refractivity contribution in [2.45, 2.75) is 30.7 Å². The monoisotopic (exact) mass is 636 g/mol. The molecule has 240 valence electrons. The fourth-order valence-corrected chi connectivity index (χ4v) is 4.05. The Balaban J connectivity index is 1.59. The lowest BCUT2D eigenvalue weighted by Gasteiger charge is -2.41. The number of carbonyl (C=O) groups excluding carboxylic acids is 3. The smallest absolute Gasteiger partial charge is 0.340 e. The Bertz CT molecular complexity index is 1580. The van der Waals surface area contributed by atoms with Crippen molar-refractivity contribution < 1.29 is 89.5 Å². The minimum atomic E-state index is -2.19. The van der Waals surface area contributed by atoms with E-state index in [1.165, 1.54) is 0 Å². The number of benzene rings is 3. The second kappa shape index (κ2) is 12.4. The lowest BCUT2D eigenvalue weighted by molar-refractivity contribution is -0.284. The van der Waals surface area contributed by atoms with Crippen LogP contribution < -0.4 is 0 Å². The molecule has 18 nitrogen and oxygen atoms in total. The molecule has 0 aliphatic carbocycles. The van der Waals surface area contributed by atoms with E-state index in [-0.39, 0.29) is 0 Å². The highest BCUT2D eigenvalue weighted by Gasteiger charge is 2.49. The number of phenols is 9. The Morgan fingerprint density at radius 3 is 1.31 bits per heavy atom. The van der Waals surface area contributed by atoms with Gasteiger partial charge in [-0.1, -0.05) is 0 Å². The van der Waals surface area contributed by atoms with Gasteiger partial charge in [0.15, 0.2) is 64.0 Å². The van der Waals surface area contributed by atoms with E-state index in [1.807, 2.05) is 0 Å². The van der Waals surface area contributed by atoms with Crippen LogP contribution >= 0.6 is 0 Å². The molecule has 0 saturated carbocycles. The largest absolute Gasteiger partial charge is 0.504 e. The molecule has 45 heavy (non-hydrogen) atoms. The summed E-state index contributed by atoms with van der Waals surface area (Å²) in [5.41, 5.74) is -1.62. The van der Waals surface area contributed by atoms with Crippen molar-refractivity contribution >= 4 is 17.9 Å².